The van der Waals surface area contributed by atoms with E-state index in [1.807, 2.05) is 31.9 Å². The average molecular weight is 498 g/mol. The van der Waals surface area contributed by atoms with Crippen LogP contribution in [0.15, 0.2) is 22.3 Å². The van der Waals surface area contributed by atoms with Crippen LogP contribution >= 0.6 is 27.7 Å². The Morgan fingerprint density at radius 3 is 2.47 bits per heavy atom. The number of amides is 2. The van der Waals surface area contributed by atoms with Crippen LogP contribution in [0.25, 0.3) is 0 Å². The van der Waals surface area contributed by atoms with Gasteiger partial charge in [0.05, 0.1) is 16.6 Å². The first-order chi connectivity index (χ1) is 14.1. The Bertz CT molecular complexity index is 830. The summed E-state index contributed by atoms with van der Waals surface area (Å²) in [5.74, 6) is 0.398. The molecule has 2 atom stereocenters. The number of anilines is 1. The van der Waals surface area contributed by atoms with Crippen molar-refractivity contribution >= 4 is 45.5 Å². The number of aromatic nitrogens is 2. The number of nitrogens with zero attached hydrogens (tertiary/aromatic N) is 4. The van der Waals surface area contributed by atoms with E-state index in [1.165, 1.54) is 11.8 Å². The van der Waals surface area contributed by atoms with Crippen molar-refractivity contribution in [1.29, 1.82) is 0 Å². The van der Waals surface area contributed by atoms with Gasteiger partial charge in [0, 0.05) is 19.6 Å². The van der Waals surface area contributed by atoms with Crippen molar-refractivity contribution in [3.05, 3.63) is 22.8 Å². The molecule has 10 heteroatoms. The summed E-state index contributed by atoms with van der Waals surface area (Å²) in [7, 11) is 0. The molecule has 2 bridgehead atoms. The molecule has 1 aromatic heterocycles. The van der Waals surface area contributed by atoms with Crippen molar-refractivity contribution in [3.63, 3.8) is 0 Å². The molecule has 30 heavy (non-hydrogen) atoms. The number of nitrogens with one attached hydrogen (secondary N) is 1. The van der Waals surface area contributed by atoms with E-state index < -0.39 is 5.60 Å². The van der Waals surface area contributed by atoms with Gasteiger partial charge in [0.2, 0.25) is 0 Å². The van der Waals surface area contributed by atoms with Gasteiger partial charge in [-0.25, -0.2) is 14.8 Å². The summed E-state index contributed by atoms with van der Waals surface area (Å²) in [5.41, 5.74) is -0.224. The van der Waals surface area contributed by atoms with E-state index in [-0.39, 0.29) is 24.1 Å². The topological polar surface area (TPSA) is 87.7 Å². The zero-order chi connectivity index (χ0) is 22.1. The molecule has 0 aliphatic carbocycles. The zero-order valence-electron chi connectivity index (χ0n) is 17.8. The van der Waals surface area contributed by atoms with E-state index >= 15 is 0 Å². The Morgan fingerprint density at radius 2 is 1.93 bits per heavy atom. The highest BCUT2D eigenvalue weighted by Crippen LogP contribution is 2.37. The van der Waals surface area contributed by atoms with Crippen molar-refractivity contribution in [3.8, 4) is 0 Å². The van der Waals surface area contributed by atoms with Gasteiger partial charge in [-0.2, -0.15) is 0 Å². The molecule has 0 aromatic carbocycles. The van der Waals surface area contributed by atoms with Gasteiger partial charge in [0.25, 0.3) is 5.91 Å². The number of piperazine rings is 1. The molecule has 2 saturated heterocycles. The molecule has 8 nitrogen and oxygen atoms in total. The van der Waals surface area contributed by atoms with Gasteiger partial charge in [-0.15, -0.1) is 6.58 Å². The van der Waals surface area contributed by atoms with E-state index in [2.05, 4.69) is 42.7 Å². The SMILES string of the molecule is C=CCNC(=O)c1nc(SC)nc(N2C[C@H]3CC[C@@H](C2)N3C(=O)OC(C)(C)C)c1Br. The largest absolute Gasteiger partial charge is 0.444 e. The van der Waals surface area contributed by atoms with Crippen molar-refractivity contribution in [1.82, 2.24) is 20.2 Å². The maximum absolute atomic E-state index is 12.7. The molecule has 3 rings (SSSR count). The summed E-state index contributed by atoms with van der Waals surface area (Å²) >= 11 is 4.93. The van der Waals surface area contributed by atoms with E-state index in [4.69, 9.17) is 4.74 Å². The molecule has 164 valence electrons. The van der Waals surface area contributed by atoms with Crippen molar-refractivity contribution in [2.24, 2.45) is 0 Å². The molecule has 0 unspecified atom stereocenters. The summed E-state index contributed by atoms with van der Waals surface area (Å²) in [5, 5.41) is 3.30. The fourth-order valence-corrected chi connectivity index (χ4v) is 4.77. The molecule has 2 fully saturated rings. The first-order valence-electron chi connectivity index (χ1n) is 9.91. The van der Waals surface area contributed by atoms with Gasteiger partial charge in [0.15, 0.2) is 5.16 Å². The van der Waals surface area contributed by atoms with Gasteiger partial charge in [0.1, 0.15) is 17.1 Å². The van der Waals surface area contributed by atoms with Crippen LogP contribution in [0.3, 0.4) is 0 Å². The summed E-state index contributed by atoms with van der Waals surface area (Å²) in [4.78, 5) is 38.3. The Kier molecular flexibility index (Phi) is 6.96. The van der Waals surface area contributed by atoms with Crippen LogP contribution in [0.2, 0.25) is 0 Å². The monoisotopic (exact) mass is 497 g/mol. The first-order valence-corrected chi connectivity index (χ1v) is 11.9. The molecule has 1 aromatic rings. The molecule has 0 spiro atoms. The Balaban J connectivity index is 1.85. The van der Waals surface area contributed by atoms with E-state index in [1.54, 1.807) is 6.08 Å². The number of thioether (sulfide) groups is 1. The fourth-order valence-electron chi connectivity index (χ4n) is 3.80. The standard InChI is InChI=1S/C20H28BrN5O3S/c1-6-9-22-17(27)15-14(21)16(24-18(23-15)30-5)25-10-12-7-8-13(11-25)26(12)19(28)29-20(2,3)4/h6,12-13H,1,7-11H2,2-5H3,(H,22,27)/t12-,13+. The van der Waals surface area contributed by atoms with Crippen molar-refractivity contribution in [2.75, 3.05) is 30.8 Å². The van der Waals surface area contributed by atoms with Gasteiger partial charge in [-0.3, -0.25) is 9.69 Å². The molecule has 1 N–H and O–H groups in total. The minimum Gasteiger partial charge on any atom is -0.444 e. The molecular weight excluding hydrogens is 470 g/mol. The highest BCUT2D eigenvalue weighted by molar-refractivity contribution is 9.10. The molecule has 2 aliphatic heterocycles. The number of hydrogen-bond acceptors (Lipinski definition) is 7. The molecule has 0 saturated carbocycles. The fraction of sp³-hybridized carbons (Fsp3) is 0.600. The normalized spacial score (nSPS) is 20.8. The maximum Gasteiger partial charge on any atom is 0.410 e. The summed E-state index contributed by atoms with van der Waals surface area (Å²) < 4.78 is 6.18. The lowest BCUT2D eigenvalue weighted by Gasteiger charge is -2.42. The lowest BCUT2D eigenvalue weighted by Crippen LogP contribution is -2.57. The van der Waals surface area contributed by atoms with Crippen molar-refractivity contribution in [2.45, 2.75) is 56.5 Å². The lowest BCUT2D eigenvalue weighted by molar-refractivity contribution is 0.0122. The van der Waals surface area contributed by atoms with Crippen LogP contribution in [0.4, 0.5) is 10.6 Å². The predicted octanol–water partition coefficient (Wildman–Crippen LogP) is 3.46. The van der Waals surface area contributed by atoms with Crippen molar-refractivity contribution < 1.29 is 14.3 Å². The highest BCUT2D eigenvalue weighted by Gasteiger charge is 2.45. The average Bonchev–Trinajstić information content (AvgIpc) is 2.95. The predicted molar refractivity (Wildman–Crippen MR) is 121 cm³/mol. The number of carbonyl (C=O) groups is 2. The number of carbonyl (C=O) groups excluding carboxylic acids is 2. The van der Waals surface area contributed by atoms with Crippen LogP contribution < -0.4 is 10.2 Å². The number of ether oxygens (including phenoxy) is 1. The van der Waals surface area contributed by atoms with E-state index in [9.17, 15) is 9.59 Å². The summed E-state index contributed by atoms with van der Waals surface area (Å²) in [6.45, 7) is 10.9. The second-order valence-electron chi connectivity index (χ2n) is 8.37. The lowest BCUT2D eigenvalue weighted by atomic mass is 10.2. The Labute approximate surface area is 190 Å². The first kappa shape index (κ1) is 22.9. The van der Waals surface area contributed by atoms with Crippen LogP contribution in [0, 0.1) is 0 Å². The maximum atomic E-state index is 12.7. The number of fused-ring (bicyclic) bond motifs is 2. The van der Waals surface area contributed by atoms with E-state index in [0.717, 1.165) is 12.8 Å². The van der Waals surface area contributed by atoms with E-state index in [0.29, 0.717) is 40.8 Å². The third-order valence-corrected chi connectivity index (χ3v) is 6.28. The molecular formula is C20H28BrN5O3S. The number of halogens is 1. The molecule has 2 aliphatic rings. The highest BCUT2D eigenvalue weighted by atomic mass is 79.9. The zero-order valence-corrected chi connectivity index (χ0v) is 20.2. The van der Waals surface area contributed by atoms with Gasteiger partial charge < -0.3 is 15.0 Å². The Morgan fingerprint density at radius 1 is 1.30 bits per heavy atom. The Hall–Kier alpha value is -1.81. The second kappa shape index (κ2) is 9.13. The van der Waals surface area contributed by atoms with Crippen LogP contribution in [-0.2, 0) is 4.74 Å². The van der Waals surface area contributed by atoms with Crippen LogP contribution in [0.1, 0.15) is 44.1 Å². The minimum absolute atomic E-state index is 0.0521. The van der Waals surface area contributed by atoms with Gasteiger partial charge >= 0.3 is 6.09 Å². The molecule has 0 radical (unpaired) electrons. The second-order valence-corrected chi connectivity index (χ2v) is 9.94. The third kappa shape index (κ3) is 4.91. The quantitative estimate of drug-likeness (QED) is 0.378. The van der Waals surface area contributed by atoms with Crippen LogP contribution in [-0.4, -0.2) is 70.4 Å². The smallest absolute Gasteiger partial charge is 0.410 e. The van der Waals surface area contributed by atoms with Gasteiger partial charge in [-0.05, 0) is 55.8 Å². The van der Waals surface area contributed by atoms with Gasteiger partial charge in [-0.1, -0.05) is 17.8 Å². The molecule has 2 amide bonds. The number of rotatable bonds is 5. The third-order valence-electron chi connectivity index (χ3n) is 5.00. The molecule has 3 heterocycles. The summed E-state index contributed by atoms with van der Waals surface area (Å²) in [6, 6.07) is 0.104. The minimum atomic E-state index is -0.524. The van der Waals surface area contributed by atoms with Crippen LogP contribution in [0.5, 0.6) is 0 Å². The number of hydrogen-bond donors (Lipinski definition) is 1. The summed E-state index contributed by atoms with van der Waals surface area (Å²) in [6.07, 6.45) is 5.08.